The highest BCUT2D eigenvalue weighted by molar-refractivity contribution is 4.95. The molecule has 1 atom stereocenters. The van der Waals surface area contributed by atoms with Crippen LogP contribution in [-0.4, -0.2) is 38.0 Å². The second-order valence-corrected chi connectivity index (χ2v) is 7.62. The van der Waals surface area contributed by atoms with Crippen molar-refractivity contribution in [2.45, 2.75) is 82.8 Å². The molecule has 2 aliphatic heterocycles. The zero-order valence-electron chi connectivity index (χ0n) is 13.8. The first kappa shape index (κ1) is 15.8. The molecule has 3 heteroatoms. The van der Waals surface area contributed by atoms with E-state index in [0.29, 0.717) is 11.5 Å². The van der Waals surface area contributed by atoms with E-state index < -0.39 is 0 Å². The summed E-state index contributed by atoms with van der Waals surface area (Å²) in [5.41, 5.74) is 0.687. The van der Waals surface area contributed by atoms with Gasteiger partial charge in [0.25, 0.3) is 0 Å². The Bertz CT molecular complexity index is 319. The Kier molecular flexibility index (Phi) is 5.23. The van der Waals surface area contributed by atoms with Crippen LogP contribution in [0.4, 0.5) is 0 Å². The predicted octanol–water partition coefficient (Wildman–Crippen LogP) is 3.66. The third-order valence-electron chi connectivity index (χ3n) is 6.07. The van der Waals surface area contributed by atoms with Gasteiger partial charge in [0.1, 0.15) is 0 Å². The third kappa shape index (κ3) is 3.80. The molecule has 0 aromatic rings. The van der Waals surface area contributed by atoms with Gasteiger partial charge in [-0.25, -0.2) is 0 Å². The maximum absolute atomic E-state index is 6.63. The summed E-state index contributed by atoms with van der Waals surface area (Å²) in [4.78, 5) is 0. The van der Waals surface area contributed by atoms with Crippen LogP contribution in [0, 0.1) is 5.41 Å². The van der Waals surface area contributed by atoms with Crippen LogP contribution in [0.5, 0.6) is 0 Å². The molecule has 1 aliphatic carbocycles. The van der Waals surface area contributed by atoms with E-state index in [0.717, 1.165) is 26.3 Å². The number of nitrogens with one attached hydrogen (secondary N) is 1. The van der Waals surface area contributed by atoms with Crippen LogP contribution in [0.1, 0.15) is 71.1 Å². The Morgan fingerprint density at radius 1 is 1.00 bits per heavy atom. The molecule has 3 fully saturated rings. The molecule has 0 bridgehead atoms. The van der Waals surface area contributed by atoms with Crippen molar-refractivity contribution in [2.24, 2.45) is 5.41 Å². The SMILES string of the molecule is CCNCC1(CC2CCC3(CCCCC3)O2)CCOCC1. The van der Waals surface area contributed by atoms with Gasteiger partial charge in [0.05, 0.1) is 11.7 Å². The van der Waals surface area contributed by atoms with Gasteiger partial charge in [-0.3, -0.25) is 0 Å². The highest BCUT2D eigenvalue weighted by Crippen LogP contribution is 2.46. The van der Waals surface area contributed by atoms with Crippen molar-refractivity contribution in [1.29, 1.82) is 0 Å². The van der Waals surface area contributed by atoms with Crippen LogP contribution >= 0.6 is 0 Å². The van der Waals surface area contributed by atoms with Crippen LogP contribution < -0.4 is 5.32 Å². The van der Waals surface area contributed by atoms with Gasteiger partial charge in [0, 0.05) is 19.8 Å². The second-order valence-electron chi connectivity index (χ2n) is 7.62. The van der Waals surface area contributed by atoms with E-state index >= 15 is 0 Å². The van der Waals surface area contributed by atoms with Crippen molar-refractivity contribution in [2.75, 3.05) is 26.3 Å². The van der Waals surface area contributed by atoms with Gasteiger partial charge >= 0.3 is 0 Å². The van der Waals surface area contributed by atoms with Crippen molar-refractivity contribution < 1.29 is 9.47 Å². The van der Waals surface area contributed by atoms with Crippen molar-refractivity contribution in [1.82, 2.24) is 5.32 Å². The van der Waals surface area contributed by atoms with E-state index in [9.17, 15) is 0 Å². The molecule has 1 spiro atoms. The minimum absolute atomic E-state index is 0.271. The van der Waals surface area contributed by atoms with Gasteiger partial charge in [-0.1, -0.05) is 26.2 Å². The Balaban J connectivity index is 1.58. The second kappa shape index (κ2) is 6.97. The summed E-state index contributed by atoms with van der Waals surface area (Å²) in [6.07, 6.45) is 13.5. The highest BCUT2D eigenvalue weighted by Gasteiger charge is 2.44. The fraction of sp³-hybridized carbons (Fsp3) is 1.00. The molecular weight excluding hydrogens is 262 g/mol. The molecule has 3 nitrogen and oxygen atoms in total. The number of ether oxygens (including phenoxy) is 2. The lowest BCUT2D eigenvalue weighted by atomic mass is 9.75. The van der Waals surface area contributed by atoms with Gasteiger partial charge in [0.2, 0.25) is 0 Å². The summed E-state index contributed by atoms with van der Waals surface area (Å²) >= 11 is 0. The van der Waals surface area contributed by atoms with Crippen LogP contribution in [0.2, 0.25) is 0 Å². The standard InChI is InChI=1S/C18H33NO2/c1-2-19-15-17(10-12-20-13-11-17)14-16-6-9-18(21-16)7-4-3-5-8-18/h16,19H,2-15H2,1H3. The molecule has 0 amide bonds. The minimum atomic E-state index is 0.271. The molecule has 3 rings (SSSR count). The summed E-state index contributed by atoms with van der Waals surface area (Å²) < 4.78 is 12.2. The summed E-state index contributed by atoms with van der Waals surface area (Å²) in [5.74, 6) is 0. The lowest BCUT2D eigenvalue weighted by Crippen LogP contribution is -2.42. The molecule has 21 heavy (non-hydrogen) atoms. The van der Waals surface area contributed by atoms with E-state index in [1.165, 1.54) is 64.2 Å². The van der Waals surface area contributed by atoms with E-state index in [1.54, 1.807) is 0 Å². The van der Waals surface area contributed by atoms with Crippen LogP contribution in [0.3, 0.4) is 0 Å². The fourth-order valence-corrected chi connectivity index (χ4v) is 4.73. The van der Waals surface area contributed by atoms with Crippen molar-refractivity contribution in [3.8, 4) is 0 Å². The van der Waals surface area contributed by atoms with E-state index in [-0.39, 0.29) is 5.60 Å². The molecule has 1 N–H and O–H groups in total. The zero-order chi connectivity index (χ0) is 14.6. The predicted molar refractivity (Wildman–Crippen MR) is 85.6 cm³/mol. The third-order valence-corrected chi connectivity index (χ3v) is 6.07. The Labute approximate surface area is 130 Å². The summed E-state index contributed by atoms with van der Waals surface area (Å²) in [5, 5.41) is 3.59. The van der Waals surface area contributed by atoms with Gasteiger partial charge in [-0.2, -0.15) is 0 Å². The molecule has 0 aromatic heterocycles. The maximum atomic E-state index is 6.63. The molecule has 2 saturated heterocycles. The van der Waals surface area contributed by atoms with Crippen molar-refractivity contribution >= 4 is 0 Å². The molecule has 3 aliphatic rings. The fourth-order valence-electron chi connectivity index (χ4n) is 4.73. The first-order valence-electron chi connectivity index (χ1n) is 9.22. The van der Waals surface area contributed by atoms with Gasteiger partial charge in [-0.05, 0) is 56.9 Å². The minimum Gasteiger partial charge on any atom is -0.381 e. The average Bonchev–Trinajstić information content (AvgIpc) is 2.89. The smallest absolute Gasteiger partial charge is 0.0687 e. The van der Waals surface area contributed by atoms with Crippen molar-refractivity contribution in [3.05, 3.63) is 0 Å². The summed E-state index contributed by atoms with van der Waals surface area (Å²) in [7, 11) is 0. The monoisotopic (exact) mass is 295 g/mol. The topological polar surface area (TPSA) is 30.5 Å². The number of hydrogen-bond donors (Lipinski definition) is 1. The number of hydrogen-bond acceptors (Lipinski definition) is 3. The summed E-state index contributed by atoms with van der Waals surface area (Å²) in [6, 6.07) is 0. The molecule has 1 saturated carbocycles. The largest absolute Gasteiger partial charge is 0.381 e. The lowest BCUT2D eigenvalue weighted by molar-refractivity contribution is -0.0880. The Morgan fingerprint density at radius 2 is 1.76 bits per heavy atom. The number of rotatable bonds is 5. The Hall–Kier alpha value is -0.120. The lowest BCUT2D eigenvalue weighted by Gasteiger charge is -2.40. The van der Waals surface area contributed by atoms with Crippen LogP contribution in [0.25, 0.3) is 0 Å². The normalized spacial score (nSPS) is 31.6. The van der Waals surface area contributed by atoms with Crippen LogP contribution in [-0.2, 0) is 9.47 Å². The van der Waals surface area contributed by atoms with Gasteiger partial charge in [-0.15, -0.1) is 0 Å². The molecule has 0 radical (unpaired) electrons. The molecular formula is C18H33NO2. The molecule has 0 aromatic carbocycles. The molecule has 122 valence electrons. The Morgan fingerprint density at radius 3 is 2.48 bits per heavy atom. The first-order chi connectivity index (χ1) is 10.3. The first-order valence-corrected chi connectivity index (χ1v) is 9.22. The van der Waals surface area contributed by atoms with Gasteiger partial charge in [0.15, 0.2) is 0 Å². The van der Waals surface area contributed by atoms with Crippen molar-refractivity contribution in [3.63, 3.8) is 0 Å². The van der Waals surface area contributed by atoms with Crippen LogP contribution in [0.15, 0.2) is 0 Å². The highest BCUT2D eigenvalue weighted by atomic mass is 16.5. The van der Waals surface area contributed by atoms with Gasteiger partial charge < -0.3 is 14.8 Å². The zero-order valence-corrected chi connectivity index (χ0v) is 13.8. The quantitative estimate of drug-likeness (QED) is 0.839. The summed E-state index contributed by atoms with van der Waals surface area (Å²) in [6.45, 7) is 6.28. The molecule has 2 heterocycles. The molecule has 1 unspecified atom stereocenters. The van der Waals surface area contributed by atoms with E-state index in [2.05, 4.69) is 12.2 Å². The van der Waals surface area contributed by atoms with E-state index in [1.807, 2.05) is 0 Å². The van der Waals surface area contributed by atoms with E-state index in [4.69, 9.17) is 9.47 Å². The average molecular weight is 295 g/mol. The maximum Gasteiger partial charge on any atom is 0.0687 e.